The molecule has 4 heteroatoms. The van der Waals surface area contributed by atoms with Crippen molar-refractivity contribution in [3.63, 3.8) is 0 Å². The van der Waals surface area contributed by atoms with Gasteiger partial charge in [-0.15, -0.1) is 0 Å². The molecule has 0 bridgehead atoms. The number of allylic oxidation sites excluding steroid dienone is 1. The number of amides is 1. The van der Waals surface area contributed by atoms with Crippen LogP contribution in [0.3, 0.4) is 0 Å². The zero-order chi connectivity index (χ0) is 10.0. The maximum absolute atomic E-state index is 11.5. The smallest absolute Gasteiger partial charge is 0.264 e. The normalized spacial score (nSPS) is 20.5. The summed E-state index contributed by atoms with van der Waals surface area (Å²) in [5.41, 5.74) is 0.534. The molecular formula is C9H11NO2S. The van der Waals surface area contributed by atoms with Gasteiger partial charge in [-0.25, -0.2) is 0 Å². The van der Waals surface area contributed by atoms with Gasteiger partial charge < -0.3 is 4.90 Å². The van der Waals surface area contributed by atoms with E-state index in [9.17, 15) is 9.59 Å². The number of rotatable bonds is 1. The van der Waals surface area contributed by atoms with Crippen LogP contribution in [-0.2, 0) is 9.59 Å². The van der Waals surface area contributed by atoms with E-state index in [0.29, 0.717) is 10.5 Å². The number of hydrogen-bond acceptors (Lipinski definition) is 3. The van der Waals surface area contributed by atoms with E-state index in [1.165, 1.54) is 23.6 Å². The van der Waals surface area contributed by atoms with Crippen molar-refractivity contribution in [2.75, 3.05) is 7.05 Å². The molecule has 0 N–H and O–H groups in total. The molecule has 0 unspecified atom stereocenters. The Morgan fingerprint density at radius 3 is 2.62 bits per heavy atom. The summed E-state index contributed by atoms with van der Waals surface area (Å²) in [4.78, 5) is 24.5. The second-order valence-electron chi connectivity index (χ2n) is 2.83. The van der Waals surface area contributed by atoms with Gasteiger partial charge in [-0.2, -0.15) is 0 Å². The van der Waals surface area contributed by atoms with Crippen LogP contribution in [0.15, 0.2) is 22.1 Å². The lowest BCUT2D eigenvalue weighted by atomic mass is 10.2. The van der Waals surface area contributed by atoms with Crippen LogP contribution in [0.4, 0.5) is 0 Å². The van der Waals surface area contributed by atoms with Gasteiger partial charge in [-0.05, 0) is 19.3 Å². The zero-order valence-electron chi connectivity index (χ0n) is 7.83. The Morgan fingerprint density at radius 2 is 2.08 bits per heavy atom. The monoisotopic (exact) mass is 197 g/mol. The van der Waals surface area contributed by atoms with Crippen LogP contribution in [0.2, 0.25) is 0 Å². The topological polar surface area (TPSA) is 37.4 Å². The third-order valence-electron chi connectivity index (χ3n) is 1.85. The van der Waals surface area contributed by atoms with Gasteiger partial charge in [0.25, 0.3) is 5.91 Å². The number of thioether (sulfide) groups is 1. The zero-order valence-corrected chi connectivity index (χ0v) is 8.64. The number of ketones is 1. The molecule has 0 atom stereocenters. The Hall–Kier alpha value is -1.03. The van der Waals surface area contributed by atoms with Gasteiger partial charge in [0.15, 0.2) is 5.78 Å². The average molecular weight is 197 g/mol. The summed E-state index contributed by atoms with van der Waals surface area (Å²) in [6.45, 7) is 3.14. The Kier molecular flexibility index (Phi) is 2.93. The van der Waals surface area contributed by atoms with Crippen molar-refractivity contribution < 1.29 is 9.59 Å². The fraction of sp³-hybridized carbons (Fsp3) is 0.333. The highest BCUT2D eigenvalue weighted by atomic mass is 32.2. The summed E-state index contributed by atoms with van der Waals surface area (Å²) in [5.74, 6) is -0.167. The first-order valence-electron chi connectivity index (χ1n) is 3.86. The summed E-state index contributed by atoms with van der Waals surface area (Å²) < 4.78 is 0. The predicted octanol–water partition coefficient (Wildman–Crippen LogP) is 1.53. The number of likely N-dealkylation sites (N-methyl/N-ethyl adjacent to an activating group) is 1. The second kappa shape index (κ2) is 3.79. The predicted molar refractivity (Wildman–Crippen MR) is 52.9 cm³/mol. The molecule has 0 saturated carbocycles. The molecule has 70 valence electrons. The number of carbonyl (C=O) groups is 2. The summed E-state index contributed by atoms with van der Waals surface area (Å²) in [6.07, 6.45) is 1.68. The molecule has 1 rings (SSSR count). The Morgan fingerprint density at radius 1 is 1.46 bits per heavy atom. The van der Waals surface area contributed by atoms with Gasteiger partial charge in [0, 0.05) is 18.8 Å². The molecule has 0 spiro atoms. The lowest BCUT2D eigenvalue weighted by Crippen LogP contribution is -2.25. The highest BCUT2D eigenvalue weighted by Crippen LogP contribution is 2.27. The van der Waals surface area contributed by atoms with Crippen molar-refractivity contribution in [3.05, 3.63) is 22.1 Å². The number of nitrogens with zero attached hydrogens (tertiary/aromatic N) is 1. The van der Waals surface area contributed by atoms with E-state index >= 15 is 0 Å². The van der Waals surface area contributed by atoms with Crippen molar-refractivity contribution in [2.45, 2.75) is 13.8 Å². The first kappa shape index (κ1) is 10.1. The standard InChI is InChI=1S/C9H11NO2S/c1-6(7(2)11)8-9(12)10(3)4-5-13-8/h4-5H,1-3H3/b8-6-. The van der Waals surface area contributed by atoms with Crippen LogP contribution in [-0.4, -0.2) is 23.6 Å². The van der Waals surface area contributed by atoms with Crippen LogP contribution < -0.4 is 0 Å². The average Bonchev–Trinajstić information content (AvgIpc) is 2.08. The van der Waals surface area contributed by atoms with E-state index in [4.69, 9.17) is 0 Å². The summed E-state index contributed by atoms with van der Waals surface area (Å²) >= 11 is 1.30. The van der Waals surface area contributed by atoms with Gasteiger partial charge >= 0.3 is 0 Å². The molecule has 1 amide bonds. The first-order valence-corrected chi connectivity index (χ1v) is 4.74. The maximum atomic E-state index is 11.5. The lowest BCUT2D eigenvalue weighted by Gasteiger charge is -2.18. The largest absolute Gasteiger partial charge is 0.317 e. The Labute approximate surface area is 81.5 Å². The molecule has 1 heterocycles. The Balaban J connectivity index is 3.07. The molecular weight excluding hydrogens is 186 g/mol. The highest BCUT2D eigenvalue weighted by molar-refractivity contribution is 8.06. The molecule has 13 heavy (non-hydrogen) atoms. The minimum atomic E-state index is -0.111. The highest BCUT2D eigenvalue weighted by Gasteiger charge is 2.20. The number of Topliss-reactive ketones (excluding diaryl/α,β-unsaturated/α-hetero) is 1. The van der Waals surface area contributed by atoms with Crippen LogP contribution in [0, 0.1) is 0 Å². The summed E-state index contributed by atoms with van der Waals surface area (Å²) in [6, 6.07) is 0. The summed E-state index contributed by atoms with van der Waals surface area (Å²) in [5, 5.41) is 1.79. The minimum absolute atomic E-state index is 0.0560. The van der Waals surface area contributed by atoms with Crippen LogP contribution >= 0.6 is 11.8 Å². The van der Waals surface area contributed by atoms with Crippen molar-refractivity contribution in [1.82, 2.24) is 4.90 Å². The van der Waals surface area contributed by atoms with Crippen molar-refractivity contribution >= 4 is 23.5 Å². The van der Waals surface area contributed by atoms with E-state index in [-0.39, 0.29) is 11.7 Å². The fourth-order valence-corrected chi connectivity index (χ4v) is 1.82. The van der Waals surface area contributed by atoms with E-state index in [1.54, 1.807) is 25.6 Å². The van der Waals surface area contributed by atoms with Crippen LogP contribution in [0.5, 0.6) is 0 Å². The van der Waals surface area contributed by atoms with E-state index in [2.05, 4.69) is 0 Å². The van der Waals surface area contributed by atoms with Gasteiger partial charge in [-0.1, -0.05) is 11.8 Å². The van der Waals surface area contributed by atoms with E-state index < -0.39 is 0 Å². The molecule has 0 aliphatic carbocycles. The lowest BCUT2D eigenvalue weighted by molar-refractivity contribution is -0.123. The van der Waals surface area contributed by atoms with Gasteiger partial charge in [-0.3, -0.25) is 9.59 Å². The Bertz CT molecular complexity index is 318. The number of hydrogen-bond donors (Lipinski definition) is 0. The van der Waals surface area contributed by atoms with Crippen molar-refractivity contribution in [2.24, 2.45) is 0 Å². The maximum Gasteiger partial charge on any atom is 0.264 e. The SMILES string of the molecule is CC(=O)/C(C)=C1\SC=CN(C)C1=O. The molecule has 3 nitrogen and oxygen atoms in total. The first-order chi connectivity index (χ1) is 6.04. The molecule has 1 aliphatic heterocycles. The quantitative estimate of drug-likeness (QED) is 0.598. The van der Waals surface area contributed by atoms with E-state index in [0.717, 1.165) is 0 Å². The minimum Gasteiger partial charge on any atom is -0.317 e. The van der Waals surface area contributed by atoms with Crippen LogP contribution in [0.25, 0.3) is 0 Å². The van der Waals surface area contributed by atoms with Crippen molar-refractivity contribution in [3.8, 4) is 0 Å². The molecule has 0 fully saturated rings. The molecule has 0 aromatic rings. The summed E-state index contributed by atoms with van der Waals surface area (Å²) in [7, 11) is 1.67. The van der Waals surface area contributed by atoms with Crippen LogP contribution in [0.1, 0.15) is 13.8 Å². The third kappa shape index (κ3) is 2.01. The second-order valence-corrected chi connectivity index (χ2v) is 3.75. The number of carbonyl (C=O) groups excluding carboxylic acids is 2. The van der Waals surface area contributed by atoms with Crippen molar-refractivity contribution in [1.29, 1.82) is 0 Å². The molecule has 0 aromatic carbocycles. The third-order valence-corrected chi connectivity index (χ3v) is 2.83. The molecule has 1 aliphatic rings. The van der Waals surface area contributed by atoms with E-state index in [1.807, 2.05) is 0 Å². The van der Waals surface area contributed by atoms with Gasteiger partial charge in [0.1, 0.15) is 0 Å². The van der Waals surface area contributed by atoms with Gasteiger partial charge in [0.2, 0.25) is 0 Å². The molecule has 0 radical (unpaired) electrons. The molecule has 0 aromatic heterocycles. The fourth-order valence-electron chi connectivity index (χ4n) is 0.877. The van der Waals surface area contributed by atoms with Gasteiger partial charge in [0.05, 0.1) is 4.91 Å². The molecule has 0 saturated heterocycles.